The van der Waals surface area contributed by atoms with Crippen LogP contribution in [0, 0.1) is 0 Å². The summed E-state index contributed by atoms with van der Waals surface area (Å²) in [5.41, 5.74) is 0.612. The van der Waals surface area contributed by atoms with E-state index in [0.29, 0.717) is 5.69 Å². The molecule has 3 amide bonds. The Bertz CT molecular complexity index is 651. The first kappa shape index (κ1) is 10.8. The quantitative estimate of drug-likeness (QED) is 0.777. The molecule has 1 aliphatic rings. The molecule has 0 aromatic heterocycles. The van der Waals surface area contributed by atoms with Gasteiger partial charge in [-0.2, -0.15) is 0 Å². The minimum atomic E-state index is -0.455. The Hall–Kier alpha value is -2.36. The van der Waals surface area contributed by atoms with E-state index in [1.165, 1.54) is 4.90 Å². The molecule has 90 valence electrons. The van der Waals surface area contributed by atoms with Crippen LogP contribution in [0.2, 0.25) is 0 Å². The van der Waals surface area contributed by atoms with E-state index < -0.39 is 6.04 Å². The predicted octanol–water partition coefficient (Wildman–Crippen LogP) is 2.28. The summed E-state index contributed by atoms with van der Waals surface area (Å²) in [5, 5.41) is 4.69. The van der Waals surface area contributed by atoms with Crippen molar-refractivity contribution in [3.05, 3.63) is 42.5 Å². The molecule has 2 aromatic carbocycles. The Morgan fingerprint density at radius 2 is 1.78 bits per heavy atom. The maximum Gasteiger partial charge on any atom is 0.329 e. The van der Waals surface area contributed by atoms with Gasteiger partial charge in [-0.1, -0.05) is 30.3 Å². The number of urea groups is 1. The number of benzene rings is 2. The molecule has 1 heterocycles. The van der Waals surface area contributed by atoms with Crippen LogP contribution in [0.15, 0.2) is 42.5 Å². The van der Waals surface area contributed by atoms with Crippen molar-refractivity contribution in [2.45, 2.75) is 13.0 Å². The molecule has 0 unspecified atom stereocenters. The molecular weight excluding hydrogens is 228 g/mol. The van der Waals surface area contributed by atoms with Crippen LogP contribution >= 0.6 is 0 Å². The number of hydrogen-bond acceptors (Lipinski definition) is 2. The summed E-state index contributed by atoms with van der Waals surface area (Å²) in [4.78, 5) is 24.8. The Balaban J connectivity index is 2.09. The van der Waals surface area contributed by atoms with Crippen LogP contribution < -0.4 is 10.2 Å². The van der Waals surface area contributed by atoms with Crippen LogP contribution in [-0.2, 0) is 4.79 Å². The number of anilines is 1. The van der Waals surface area contributed by atoms with Gasteiger partial charge in [0, 0.05) is 0 Å². The molecule has 1 N–H and O–H groups in total. The number of rotatable bonds is 1. The van der Waals surface area contributed by atoms with Crippen LogP contribution in [0.1, 0.15) is 6.92 Å². The standard InChI is InChI=1S/C14H12N2O2/c1-9-13(17)16(14(18)15-9)12-7-6-10-4-2-3-5-11(10)8-12/h2-9H,1H3,(H,15,18)/t9-/m0/s1. The largest absolute Gasteiger partial charge is 0.329 e. The zero-order chi connectivity index (χ0) is 12.7. The van der Waals surface area contributed by atoms with E-state index in [2.05, 4.69) is 5.32 Å². The van der Waals surface area contributed by atoms with Gasteiger partial charge in [-0.3, -0.25) is 4.79 Å². The monoisotopic (exact) mass is 240 g/mol. The summed E-state index contributed by atoms with van der Waals surface area (Å²) in [5.74, 6) is -0.213. The first-order chi connectivity index (χ1) is 8.66. The van der Waals surface area contributed by atoms with Gasteiger partial charge in [0.25, 0.3) is 5.91 Å². The molecule has 1 fully saturated rings. The normalized spacial score (nSPS) is 19.4. The number of carbonyl (C=O) groups is 2. The molecular formula is C14H12N2O2. The van der Waals surface area contributed by atoms with Crippen molar-refractivity contribution >= 4 is 28.4 Å². The van der Waals surface area contributed by atoms with E-state index in [9.17, 15) is 9.59 Å². The Labute approximate surface area is 104 Å². The smallest absolute Gasteiger partial charge is 0.326 e. The number of carbonyl (C=O) groups excluding carboxylic acids is 2. The molecule has 0 aliphatic carbocycles. The van der Waals surface area contributed by atoms with Gasteiger partial charge in [0.2, 0.25) is 0 Å². The van der Waals surface area contributed by atoms with E-state index in [0.717, 1.165) is 10.8 Å². The lowest BCUT2D eigenvalue weighted by Crippen LogP contribution is -2.30. The molecule has 18 heavy (non-hydrogen) atoms. The third kappa shape index (κ3) is 1.54. The van der Waals surface area contributed by atoms with Gasteiger partial charge in [-0.05, 0) is 29.8 Å². The summed E-state index contributed by atoms with van der Waals surface area (Å²) < 4.78 is 0. The second-order valence-electron chi connectivity index (χ2n) is 4.38. The van der Waals surface area contributed by atoms with Gasteiger partial charge in [-0.25, -0.2) is 9.69 Å². The second kappa shape index (κ2) is 3.84. The Morgan fingerprint density at radius 1 is 1.06 bits per heavy atom. The average Bonchev–Trinajstić information content (AvgIpc) is 2.63. The highest BCUT2D eigenvalue weighted by atomic mass is 16.2. The van der Waals surface area contributed by atoms with E-state index >= 15 is 0 Å². The molecule has 1 saturated heterocycles. The maximum atomic E-state index is 11.9. The van der Waals surface area contributed by atoms with Crippen LogP contribution in [-0.4, -0.2) is 18.0 Å². The SMILES string of the molecule is C[C@@H]1NC(=O)N(c2ccc3ccccc3c2)C1=O. The van der Waals surface area contributed by atoms with Crippen molar-refractivity contribution < 1.29 is 9.59 Å². The summed E-state index contributed by atoms with van der Waals surface area (Å²) in [7, 11) is 0. The summed E-state index contributed by atoms with van der Waals surface area (Å²) >= 11 is 0. The lowest BCUT2D eigenvalue weighted by Gasteiger charge is -2.13. The number of imide groups is 1. The first-order valence-electron chi connectivity index (χ1n) is 5.80. The van der Waals surface area contributed by atoms with Crippen molar-refractivity contribution in [3.8, 4) is 0 Å². The highest BCUT2D eigenvalue weighted by Gasteiger charge is 2.36. The third-order valence-corrected chi connectivity index (χ3v) is 3.13. The topological polar surface area (TPSA) is 49.4 Å². The summed E-state index contributed by atoms with van der Waals surface area (Å²) in [6, 6.07) is 12.6. The van der Waals surface area contributed by atoms with E-state index in [1.54, 1.807) is 13.0 Å². The van der Waals surface area contributed by atoms with Crippen molar-refractivity contribution in [1.29, 1.82) is 0 Å². The van der Waals surface area contributed by atoms with E-state index in [4.69, 9.17) is 0 Å². The zero-order valence-electron chi connectivity index (χ0n) is 9.88. The van der Waals surface area contributed by atoms with Crippen LogP contribution in [0.25, 0.3) is 10.8 Å². The number of nitrogens with zero attached hydrogens (tertiary/aromatic N) is 1. The molecule has 3 rings (SSSR count). The third-order valence-electron chi connectivity index (χ3n) is 3.13. The van der Waals surface area contributed by atoms with Gasteiger partial charge in [0.05, 0.1) is 5.69 Å². The average molecular weight is 240 g/mol. The van der Waals surface area contributed by atoms with Crippen molar-refractivity contribution in [2.75, 3.05) is 4.90 Å². The van der Waals surface area contributed by atoms with Crippen molar-refractivity contribution in [3.63, 3.8) is 0 Å². The highest BCUT2D eigenvalue weighted by molar-refractivity contribution is 6.21. The minimum absolute atomic E-state index is 0.213. The lowest BCUT2D eigenvalue weighted by atomic mass is 10.1. The molecule has 1 aliphatic heterocycles. The number of fused-ring (bicyclic) bond motifs is 1. The van der Waals surface area contributed by atoms with Crippen LogP contribution in [0.3, 0.4) is 0 Å². The fraction of sp³-hybridized carbons (Fsp3) is 0.143. The summed E-state index contributed by atoms with van der Waals surface area (Å²) in [6.07, 6.45) is 0. The van der Waals surface area contributed by atoms with E-state index in [-0.39, 0.29) is 11.9 Å². The molecule has 0 bridgehead atoms. The Morgan fingerprint density at radius 3 is 2.44 bits per heavy atom. The van der Waals surface area contributed by atoms with Crippen LogP contribution in [0.5, 0.6) is 0 Å². The molecule has 4 heteroatoms. The zero-order valence-corrected chi connectivity index (χ0v) is 9.88. The highest BCUT2D eigenvalue weighted by Crippen LogP contribution is 2.24. The Kier molecular flexibility index (Phi) is 2.30. The van der Waals surface area contributed by atoms with Gasteiger partial charge in [-0.15, -0.1) is 0 Å². The van der Waals surface area contributed by atoms with Gasteiger partial charge in [0.15, 0.2) is 0 Å². The number of nitrogens with one attached hydrogen (secondary N) is 1. The number of amides is 3. The molecule has 0 saturated carbocycles. The van der Waals surface area contributed by atoms with Gasteiger partial charge in [0.1, 0.15) is 6.04 Å². The predicted molar refractivity (Wildman–Crippen MR) is 69.4 cm³/mol. The maximum absolute atomic E-state index is 11.9. The van der Waals surface area contributed by atoms with Crippen molar-refractivity contribution in [1.82, 2.24) is 5.32 Å². The molecule has 0 radical (unpaired) electrons. The van der Waals surface area contributed by atoms with E-state index in [1.807, 2.05) is 36.4 Å². The molecule has 1 atom stereocenters. The first-order valence-corrected chi connectivity index (χ1v) is 5.80. The van der Waals surface area contributed by atoms with Crippen LogP contribution in [0.4, 0.5) is 10.5 Å². The molecule has 2 aromatic rings. The fourth-order valence-electron chi connectivity index (χ4n) is 2.17. The van der Waals surface area contributed by atoms with Gasteiger partial charge < -0.3 is 5.32 Å². The second-order valence-corrected chi connectivity index (χ2v) is 4.38. The summed E-state index contributed by atoms with van der Waals surface area (Å²) in [6.45, 7) is 1.68. The van der Waals surface area contributed by atoms with Gasteiger partial charge >= 0.3 is 6.03 Å². The molecule has 4 nitrogen and oxygen atoms in total. The van der Waals surface area contributed by atoms with Crippen molar-refractivity contribution in [2.24, 2.45) is 0 Å². The minimum Gasteiger partial charge on any atom is -0.326 e. The lowest BCUT2D eigenvalue weighted by molar-refractivity contribution is -0.117. The fourth-order valence-corrected chi connectivity index (χ4v) is 2.17. The number of hydrogen-bond donors (Lipinski definition) is 1. The molecule has 0 spiro atoms.